The van der Waals surface area contributed by atoms with E-state index in [2.05, 4.69) is 49.9 Å². The van der Waals surface area contributed by atoms with Gasteiger partial charge in [0.15, 0.2) is 5.96 Å². The second-order valence-corrected chi connectivity index (χ2v) is 7.28. The second-order valence-electron chi connectivity index (χ2n) is 7.28. The number of hydrogen-bond donors (Lipinski definition) is 2. The van der Waals surface area contributed by atoms with Crippen molar-refractivity contribution in [3.63, 3.8) is 0 Å². The van der Waals surface area contributed by atoms with Crippen molar-refractivity contribution in [2.45, 2.75) is 12.5 Å². The van der Waals surface area contributed by atoms with E-state index in [1.807, 2.05) is 43.2 Å². The number of nitrogens with one attached hydrogen (secondary N) is 2. The van der Waals surface area contributed by atoms with Gasteiger partial charge in [-0.15, -0.1) is 0 Å². The van der Waals surface area contributed by atoms with Gasteiger partial charge in [-0.2, -0.15) is 5.10 Å². The predicted octanol–water partition coefficient (Wildman–Crippen LogP) is 3.02. The Morgan fingerprint density at radius 1 is 1.10 bits per heavy atom. The highest BCUT2D eigenvalue weighted by molar-refractivity contribution is 5.79. The monoisotopic (exact) mass is 408 g/mol. The standard InChI is InChI=1S/C23H29FN6/c1-25-23(27-17-22(29(2)3)19-7-9-20(24)10-8-19)26-15-13-18-5-11-21(12-6-18)30-16-4-14-28-30/h4-12,14,16,22H,13,15,17H2,1-3H3,(H2,25,26,27). The number of nitrogens with zero attached hydrogens (tertiary/aromatic N) is 4. The lowest BCUT2D eigenvalue weighted by molar-refractivity contribution is 0.298. The Hall–Kier alpha value is -3.19. The fraction of sp³-hybridized carbons (Fsp3) is 0.304. The van der Waals surface area contributed by atoms with E-state index < -0.39 is 0 Å². The van der Waals surface area contributed by atoms with Crippen LogP contribution in [-0.4, -0.2) is 54.9 Å². The van der Waals surface area contributed by atoms with Gasteiger partial charge in [0, 0.05) is 32.5 Å². The molecule has 0 amide bonds. The molecule has 1 unspecified atom stereocenters. The van der Waals surface area contributed by atoms with Crippen LogP contribution in [0, 0.1) is 5.82 Å². The second kappa shape index (κ2) is 10.5. The molecule has 0 saturated carbocycles. The van der Waals surface area contributed by atoms with E-state index in [-0.39, 0.29) is 11.9 Å². The molecule has 1 aromatic heterocycles. The quantitative estimate of drug-likeness (QED) is 0.444. The lowest BCUT2D eigenvalue weighted by Crippen LogP contribution is -2.42. The van der Waals surface area contributed by atoms with Gasteiger partial charge in [0.2, 0.25) is 0 Å². The summed E-state index contributed by atoms with van der Waals surface area (Å²) >= 11 is 0. The van der Waals surface area contributed by atoms with Crippen molar-refractivity contribution in [1.82, 2.24) is 25.3 Å². The molecular formula is C23H29FN6. The van der Waals surface area contributed by atoms with E-state index in [1.54, 1.807) is 13.2 Å². The van der Waals surface area contributed by atoms with Crippen LogP contribution in [0.4, 0.5) is 4.39 Å². The zero-order valence-corrected chi connectivity index (χ0v) is 17.7. The lowest BCUT2D eigenvalue weighted by Gasteiger charge is -2.26. The first-order valence-electron chi connectivity index (χ1n) is 10.0. The molecule has 3 aromatic rings. The highest BCUT2D eigenvalue weighted by atomic mass is 19.1. The number of guanidine groups is 1. The van der Waals surface area contributed by atoms with Crippen molar-refractivity contribution in [3.8, 4) is 5.69 Å². The van der Waals surface area contributed by atoms with Gasteiger partial charge in [-0.3, -0.25) is 4.99 Å². The van der Waals surface area contributed by atoms with E-state index in [1.165, 1.54) is 17.7 Å². The summed E-state index contributed by atoms with van der Waals surface area (Å²) < 4.78 is 15.1. The van der Waals surface area contributed by atoms with E-state index in [0.29, 0.717) is 6.54 Å². The van der Waals surface area contributed by atoms with Gasteiger partial charge < -0.3 is 15.5 Å². The zero-order chi connectivity index (χ0) is 21.3. The first-order valence-corrected chi connectivity index (χ1v) is 10.0. The van der Waals surface area contributed by atoms with Crippen molar-refractivity contribution in [2.75, 3.05) is 34.2 Å². The molecule has 0 saturated heterocycles. The molecule has 0 aliphatic carbocycles. The smallest absolute Gasteiger partial charge is 0.191 e. The van der Waals surface area contributed by atoms with E-state index in [4.69, 9.17) is 0 Å². The van der Waals surface area contributed by atoms with Crippen molar-refractivity contribution in [1.29, 1.82) is 0 Å². The summed E-state index contributed by atoms with van der Waals surface area (Å²) in [5.74, 6) is 0.525. The molecular weight excluding hydrogens is 379 g/mol. The van der Waals surface area contributed by atoms with Crippen LogP contribution >= 0.6 is 0 Å². The van der Waals surface area contributed by atoms with E-state index >= 15 is 0 Å². The summed E-state index contributed by atoms with van der Waals surface area (Å²) in [6.45, 7) is 1.43. The summed E-state index contributed by atoms with van der Waals surface area (Å²) in [6, 6.07) is 17.0. The predicted molar refractivity (Wildman–Crippen MR) is 119 cm³/mol. The van der Waals surface area contributed by atoms with Crippen LogP contribution in [0.2, 0.25) is 0 Å². The zero-order valence-electron chi connectivity index (χ0n) is 17.7. The van der Waals surface area contributed by atoms with Crippen LogP contribution in [0.3, 0.4) is 0 Å². The van der Waals surface area contributed by atoms with Crippen LogP contribution in [0.1, 0.15) is 17.2 Å². The fourth-order valence-corrected chi connectivity index (χ4v) is 3.26. The Bertz CT molecular complexity index is 917. The summed E-state index contributed by atoms with van der Waals surface area (Å²) in [4.78, 5) is 6.42. The van der Waals surface area contributed by atoms with Gasteiger partial charge in [-0.25, -0.2) is 9.07 Å². The number of likely N-dealkylation sites (N-methyl/N-ethyl adjacent to an activating group) is 1. The van der Waals surface area contributed by atoms with E-state index in [9.17, 15) is 4.39 Å². The topological polar surface area (TPSA) is 57.5 Å². The summed E-state index contributed by atoms with van der Waals surface area (Å²) in [5, 5.41) is 11.0. The minimum absolute atomic E-state index is 0.110. The molecule has 2 aromatic carbocycles. The number of benzene rings is 2. The minimum Gasteiger partial charge on any atom is -0.356 e. The first kappa shape index (κ1) is 21.5. The molecule has 0 radical (unpaired) electrons. The van der Waals surface area contributed by atoms with Crippen LogP contribution in [-0.2, 0) is 6.42 Å². The molecule has 0 spiro atoms. The Labute approximate surface area is 177 Å². The highest BCUT2D eigenvalue weighted by Gasteiger charge is 2.14. The molecule has 158 valence electrons. The van der Waals surface area contributed by atoms with Gasteiger partial charge in [-0.05, 0) is 62.0 Å². The van der Waals surface area contributed by atoms with Gasteiger partial charge in [0.05, 0.1) is 11.7 Å². The summed E-state index contributed by atoms with van der Waals surface area (Å²) in [6.07, 6.45) is 4.59. The van der Waals surface area contributed by atoms with Gasteiger partial charge >= 0.3 is 0 Å². The molecule has 0 fully saturated rings. The van der Waals surface area contributed by atoms with Gasteiger partial charge in [0.25, 0.3) is 0 Å². The third kappa shape index (κ3) is 5.90. The molecule has 0 bridgehead atoms. The largest absolute Gasteiger partial charge is 0.356 e. The van der Waals surface area contributed by atoms with Crippen LogP contribution in [0.15, 0.2) is 72.0 Å². The average Bonchev–Trinajstić information content (AvgIpc) is 3.29. The normalized spacial score (nSPS) is 12.8. The van der Waals surface area contributed by atoms with Gasteiger partial charge in [-0.1, -0.05) is 24.3 Å². The third-order valence-corrected chi connectivity index (χ3v) is 4.98. The summed E-state index contributed by atoms with van der Waals surface area (Å²) in [5.41, 5.74) is 3.35. The van der Waals surface area contributed by atoms with Crippen LogP contribution < -0.4 is 10.6 Å². The summed E-state index contributed by atoms with van der Waals surface area (Å²) in [7, 11) is 5.79. The number of aromatic nitrogens is 2. The van der Waals surface area contributed by atoms with Gasteiger partial charge in [0.1, 0.15) is 5.82 Å². The molecule has 1 atom stereocenters. The maximum absolute atomic E-state index is 13.2. The molecule has 7 heteroatoms. The molecule has 0 aliphatic heterocycles. The lowest BCUT2D eigenvalue weighted by atomic mass is 10.1. The number of halogens is 1. The SMILES string of the molecule is CN=C(NCCc1ccc(-n2cccn2)cc1)NCC(c1ccc(F)cc1)N(C)C. The Balaban J connectivity index is 1.48. The van der Waals surface area contributed by atoms with Crippen molar-refractivity contribution >= 4 is 5.96 Å². The fourth-order valence-electron chi connectivity index (χ4n) is 3.26. The molecule has 6 nitrogen and oxygen atoms in total. The Kier molecular flexibility index (Phi) is 7.57. The number of aliphatic imine (C=N–C) groups is 1. The average molecular weight is 409 g/mol. The van der Waals surface area contributed by atoms with Crippen molar-refractivity contribution < 1.29 is 4.39 Å². The molecule has 1 heterocycles. The molecule has 3 rings (SSSR count). The number of rotatable bonds is 8. The number of hydrogen-bond acceptors (Lipinski definition) is 3. The molecule has 0 aliphatic rings. The van der Waals surface area contributed by atoms with Crippen molar-refractivity contribution in [3.05, 3.63) is 83.9 Å². The third-order valence-electron chi connectivity index (χ3n) is 4.98. The van der Waals surface area contributed by atoms with Crippen LogP contribution in [0.25, 0.3) is 5.69 Å². The first-order chi connectivity index (χ1) is 14.6. The van der Waals surface area contributed by atoms with Crippen molar-refractivity contribution in [2.24, 2.45) is 4.99 Å². The van der Waals surface area contributed by atoms with Crippen LogP contribution in [0.5, 0.6) is 0 Å². The highest BCUT2D eigenvalue weighted by Crippen LogP contribution is 2.17. The van der Waals surface area contributed by atoms with E-state index in [0.717, 1.165) is 30.2 Å². The Morgan fingerprint density at radius 3 is 2.43 bits per heavy atom. The minimum atomic E-state index is -0.223. The molecule has 2 N–H and O–H groups in total. The maximum atomic E-state index is 13.2. The maximum Gasteiger partial charge on any atom is 0.191 e. The Morgan fingerprint density at radius 2 is 1.83 bits per heavy atom. The molecule has 30 heavy (non-hydrogen) atoms.